The molecule has 0 saturated carbocycles. The van der Waals surface area contributed by atoms with E-state index in [9.17, 15) is 0 Å². The van der Waals surface area contributed by atoms with Gasteiger partial charge in [-0.15, -0.1) is 0 Å². The van der Waals surface area contributed by atoms with Crippen LogP contribution in [0.15, 0.2) is 24.3 Å². The molecule has 1 N–H and O–H groups in total. The summed E-state index contributed by atoms with van der Waals surface area (Å²) in [7, 11) is 0. The van der Waals surface area contributed by atoms with Gasteiger partial charge in [0.2, 0.25) is 0 Å². The molecule has 78 valence electrons. The van der Waals surface area contributed by atoms with Gasteiger partial charge >= 0.3 is 0 Å². The highest BCUT2D eigenvalue weighted by Crippen LogP contribution is 2.12. The molecule has 0 aliphatic heterocycles. The van der Waals surface area contributed by atoms with Crippen molar-refractivity contribution in [2.75, 3.05) is 13.2 Å². The first-order valence-electron chi connectivity index (χ1n) is 5.29. The summed E-state index contributed by atoms with van der Waals surface area (Å²) < 4.78 is 5.49. The molecular formula is C12H19NO. The molecule has 0 spiro atoms. The van der Waals surface area contributed by atoms with Crippen LogP contribution in [0.4, 0.5) is 0 Å². The van der Waals surface area contributed by atoms with Gasteiger partial charge in [0.15, 0.2) is 0 Å². The van der Waals surface area contributed by atoms with Crippen LogP contribution in [0.5, 0.6) is 5.75 Å². The van der Waals surface area contributed by atoms with Crippen LogP contribution in [0.2, 0.25) is 0 Å². The third-order valence-corrected chi connectivity index (χ3v) is 1.98. The predicted octanol–water partition coefficient (Wildman–Crippen LogP) is 2.58. The van der Waals surface area contributed by atoms with Gasteiger partial charge in [-0.25, -0.2) is 0 Å². The van der Waals surface area contributed by atoms with E-state index in [4.69, 9.17) is 4.74 Å². The monoisotopic (exact) mass is 193 g/mol. The standard InChI is InChI=1S/C12H19NO/c1-3-9-14-12-7-5-11(6-8-12)10-13-4-2/h5-8,13H,3-4,9-10H2,1-2H3. The minimum Gasteiger partial charge on any atom is -0.494 e. The number of hydrogen-bond acceptors (Lipinski definition) is 2. The Balaban J connectivity index is 2.42. The van der Waals surface area contributed by atoms with Gasteiger partial charge in [-0.2, -0.15) is 0 Å². The zero-order valence-corrected chi connectivity index (χ0v) is 9.05. The molecule has 0 aliphatic rings. The van der Waals surface area contributed by atoms with Gasteiger partial charge < -0.3 is 10.1 Å². The Morgan fingerprint density at radius 3 is 2.43 bits per heavy atom. The van der Waals surface area contributed by atoms with Gasteiger partial charge in [0.25, 0.3) is 0 Å². The Morgan fingerprint density at radius 1 is 1.14 bits per heavy atom. The van der Waals surface area contributed by atoms with Crippen LogP contribution in [0.1, 0.15) is 25.8 Å². The summed E-state index contributed by atoms with van der Waals surface area (Å²) in [6, 6.07) is 8.27. The zero-order valence-electron chi connectivity index (χ0n) is 9.05. The average Bonchev–Trinajstić information content (AvgIpc) is 2.25. The second-order valence-electron chi connectivity index (χ2n) is 3.27. The Hall–Kier alpha value is -1.02. The van der Waals surface area contributed by atoms with Gasteiger partial charge in [-0.1, -0.05) is 26.0 Å². The zero-order chi connectivity index (χ0) is 10.2. The first-order valence-corrected chi connectivity index (χ1v) is 5.29. The van der Waals surface area contributed by atoms with Crippen molar-refractivity contribution in [3.05, 3.63) is 29.8 Å². The lowest BCUT2D eigenvalue weighted by atomic mass is 10.2. The summed E-state index contributed by atoms with van der Waals surface area (Å²) in [5.74, 6) is 0.965. The second-order valence-corrected chi connectivity index (χ2v) is 3.27. The van der Waals surface area contributed by atoms with Gasteiger partial charge in [0, 0.05) is 6.54 Å². The first-order chi connectivity index (χ1) is 6.86. The third-order valence-electron chi connectivity index (χ3n) is 1.98. The van der Waals surface area contributed by atoms with Crippen LogP contribution in [-0.2, 0) is 6.54 Å². The quantitative estimate of drug-likeness (QED) is 0.749. The summed E-state index contributed by atoms with van der Waals surface area (Å²) >= 11 is 0. The predicted molar refractivity (Wildman–Crippen MR) is 59.6 cm³/mol. The van der Waals surface area contributed by atoms with E-state index in [1.54, 1.807) is 0 Å². The number of rotatable bonds is 6. The van der Waals surface area contributed by atoms with E-state index in [1.165, 1.54) is 5.56 Å². The molecule has 1 aromatic rings. The van der Waals surface area contributed by atoms with Gasteiger partial charge in [0.1, 0.15) is 5.75 Å². The van der Waals surface area contributed by atoms with Crippen LogP contribution in [0, 0.1) is 0 Å². The molecule has 0 aromatic heterocycles. The Morgan fingerprint density at radius 2 is 1.86 bits per heavy atom. The molecule has 0 heterocycles. The minimum atomic E-state index is 0.798. The molecule has 2 heteroatoms. The van der Waals surface area contributed by atoms with Crippen LogP contribution >= 0.6 is 0 Å². The fourth-order valence-corrected chi connectivity index (χ4v) is 1.19. The normalized spacial score (nSPS) is 10.1. The second kappa shape index (κ2) is 6.44. The average molecular weight is 193 g/mol. The molecule has 0 bridgehead atoms. The van der Waals surface area contributed by atoms with E-state index in [-0.39, 0.29) is 0 Å². The smallest absolute Gasteiger partial charge is 0.119 e. The maximum absolute atomic E-state index is 5.49. The number of hydrogen-bond donors (Lipinski definition) is 1. The highest BCUT2D eigenvalue weighted by atomic mass is 16.5. The van der Waals surface area contributed by atoms with E-state index in [0.717, 1.165) is 31.9 Å². The topological polar surface area (TPSA) is 21.3 Å². The first kappa shape index (κ1) is 11.1. The van der Waals surface area contributed by atoms with Gasteiger partial charge in [-0.05, 0) is 30.7 Å². The molecule has 0 amide bonds. The van der Waals surface area contributed by atoms with Gasteiger partial charge in [0.05, 0.1) is 6.61 Å². The highest BCUT2D eigenvalue weighted by Gasteiger charge is 1.94. The van der Waals surface area contributed by atoms with Crippen molar-refractivity contribution in [1.82, 2.24) is 5.32 Å². The molecule has 0 unspecified atom stereocenters. The van der Waals surface area contributed by atoms with Crippen molar-refractivity contribution < 1.29 is 4.74 Å². The Bertz CT molecular complexity index is 216. The highest BCUT2D eigenvalue weighted by molar-refractivity contribution is 5.27. The molecule has 0 atom stereocenters. The summed E-state index contributed by atoms with van der Waals surface area (Å²) in [4.78, 5) is 0. The van der Waals surface area contributed by atoms with E-state index in [1.807, 2.05) is 12.1 Å². The van der Waals surface area contributed by atoms with Crippen molar-refractivity contribution in [1.29, 1.82) is 0 Å². The molecule has 14 heavy (non-hydrogen) atoms. The van der Waals surface area contributed by atoms with Gasteiger partial charge in [-0.3, -0.25) is 0 Å². The summed E-state index contributed by atoms with van der Waals surface area (Å²) in [5.41, 5.74) is 1.30. The molecule has 1 aromatic carbocycles. The third kappa shape index (κ3) is 3.79. The van der Waals surface area contributed by atoms with Crippen LogP contribution < -0.4 is 10.1 Å². The molecule has 1 rings (SSSR count). The number of benzene rings is 1. The maximum Gasteiger partial charge on any atom is 0.119 e. The van der Waals surface area contributed by atoms with Crippen LogP contribution in [-0.4, -0.2) is 13.2 Å². The van der Waals surface area contributed by atoms with Crippen molar-refractivity contribution >= 4 is 0 Å². The molecule has 0 radical (unpaired) electrons. The Kier molecular flexibility index (Phi) is 5.08. The molecule has 0 aliphatic carbocycles. The molecule has 0 fully saturated rings. The van der Waals surface area contributed by atoms with Crippen molar-refractivity contribution in [2.24, 2.45) is 0 Å². The minimum absolute atomic E-state index is 0.798. The van der Waals surface area contributed by atoms with Crippen molar-refractivity contribution in [2.45, 2.75) is 26.8 Å². The van der Waals surface area contributed by atoms with E-state index in [2.05, 4.69) is 31.3 Å². The molecular weight excluding hydrogens is 174 g/mol. The van der Waals surface area contributed by atoms with Crippen molar-refractivity contribution in [3.8, 4) is 5.75 Å². The Labute approximate surface area is 86.3 Å². The fourth-order valence-electron chi connectivity index (χ4n) is 1.19. The van der Waals surface area contributed by atoms with Crippen LogP contribution in [0.25, 0.3) is 0 Å². The lowest BCUT2D eigenvalue weighted by molar-refractivity contribution is 0.317. The summed E-state index contributed by atoms with van der Waals surface area (Å²) in [6.07, 6.45) is 1.05. The maximum atomic E-state index is 5.49. The van der Waals surface area contributed by atoms with E-state index >= 15 is 0 Å². The van der Waals surface area contributed by atoms with Crippen molar-refractivity contribution in [3.63, 3.8) is 0 Å². The SMILES string of the molecule is CCCOc1ccc(CNCC)cc1. The summed E-state index contributed by atoms with van der Waals surface area (Å²) in [6.45, 7) is 6.96. The van der Waals surface area contributed by atoms with Crippen LogP contribution in [0.3, 0.4) is 0 Å². The molecule has 0 saturated heterocycles. The summed E-state index contributed by atoms with van der Waals surface area (Å²) in [5, 5.41) is 3.29. The fraction of sp³-hybridized carbons (Fsp3) is 0.500. The van der Waals surface area contributed by atoms with E-state index < -0.39 is 0 Å². The number of ether oxygens (including phenoxy) is 1. The van der Waals surface area contributed by atoms with E-state index in [0.29, 0.717) is 0 Å². The lowest BCUT2D eigenvalue weighted by Gasteiger charge is -2.06. The largest absolute Gasteiger partial charge is 0.494 e. The molecule has 2 nitrogen and oxygen atoms in total. The lowest BCUT2D eigenvalue weighted by Crippen LogP contribution is -2.11. The number of nitrogens with one attached hydrogen (secondary N) is 1.